The molecule has 2 fully saturated rings. The monoisotopic (exact) mass is 182 g/mol. The van der Waals surface area contributed by atoms with Crippen LogP contribution in [-0.4, -0.2) is 29.6 Å². The molecule has 1 saturated heterocycles. The van der Waals surface area contributed by atoms with Crippen molar-refractivity contribution in [2.24, 2.45) is 5.73 Å². The van der Waals surface area contributed by atoms with E-state index in [0.717, 1.165) is 12.1 Å². The van der Waals surface area contributed by atoms with Crippen molar-refractivity contribution in [1.29, 1.82) is 0 Å². The maximum absolute atomic E-state index is 5.91. The highest BCUT2D eigenvalue weighted by Crippen LogP contribution is 2.28. The van der Waals surface area contributed by atoms with Gasteiger partial charge in [-0.1, -0.05) is 0 Å². The summed E-state index contributed by atoms with van der Waals surface area (Å²) in [4.78, 5) is 2.71. The van der Waals surface area contributed by atoms with Crippen LogP contribution in [0.4, 0.5) is 0 Å². The molecule has 2 nitrogen and oxygen atoms in total. The van der Waals surface area contributed by atoms with Crippen molar-refractivity contribution in [3.05, 3.63) is 0 Å². The number of rotatable bonds is 1. The molecule has 0 aromatic rings. The van der Waals surface area contributed by atoms with Crippen LogP contribution in [-0.2, 0) is 0 Å². The predicted molar refractivity (Wildman–Crippen MR) is 55.6 cm³/mol. The zero-order valence-corrected chi connectivity index (χ0v) is 8.71. The number of nitrogens with two attached hydrogens (primary N) is 1. The Morgan fingerprint density at radius 1 is 1.08 bits per heavy atom. The molecule has 0 radical (unpaired) electrons. The van der Waals surface area contributed by atoms with Gasteiger partial charge in [0, 0.05) is 18.1 Å². The van der Waals surface area contributed by atoms with Gasteiger partial charge >= 0.3 is 0 Å². The molecule has 0 spiro atoms. The van der Waals surface area contributed by atoms with Gasteiger partial charge in [0.2, 0.25) is 0 Å². The first-order valence-corrected chi connectivity index (χ1v) is 5.78. The molecule has 0 amide bonds. The quantitative estimate of drug-likeness (QED) is 0.669. The molecular weight excluding hydrogens is 160 g/mol. The van der Waals surface area contributed by atoms with Gasteiger partial charge < -0.3 is 5.73 Å². The molecular formula is C11H22N2. The normalized spacial score (nSPS) is 42.5. The van der Waals surface area contributed by atoms with Crippen molar-refractivity contribution in [3.63, 3.8) is 0 Å². The molecule has 1 heterocycles. The van der Waals surface area contributed by atoms with Gasteiger partial charge in [0.05, 0.1) is 0 Å². The summed E-state index contributed by atoms with van der Waals surface area (Å²) in [5.41, 5.74) is 5.91. The summed E-state index contributed by atoms with van der Waals surface area (Å²) >= 11 is 0. The number of hydrogen-bond donors (Lipinski definition) is 1. The van der Waals surface area contributed by atoms with Gasteiger partial charge in [0.1, 0.15) is 0 Å². The molecule has 2 aliphatic rings. The summed E-state index contributed by atoms with van der Waals surface area (Å²) in [6.07, 6.45) is 7.98. The fourth-order valence-corrected chi connectivity index (χ4v) is 2.93. The highest BCUT2D eigenvalue weighted by atomic mass is 15.2. The smallest absolute Gasteiger partial charge is 0.00992 e. The largest absolute Gasteiger partial charge is 0.328 e. The highest BCUT2D eigenvalue weighted by Gasteiger charge is 2.29. The SMILES string of the molecule is CC1CCCN1C1CCC(N)CC1. The Morgan fingerprint density at radius 2 is 1.77 bits per heavy atom. The fourth-order valence-electron chi connectivity index (χ4n) is 2.93. The van der Waals surface area contributed by atoms with Gasteiger partial charge in [-0.3, -0.25) is 4.90 Å². The van der Waals surface area contributed by atoms with E-state index in [0.29, 0.717) is 6.04 Å². The maximum Gasteiger partial charge on any atom is 0.00992 e. The van der Waals surface area contributed by atoms with E-state index in [1.165, 1.54) is 45.1 Å². The van der Waals surface area contributed by atoms with Crippen LogP contribution < -0.4 is 5.73 Å². The Balaban J connectivity index is 1.86. The first-order chi connectivity index (χ1) is 6.27. The van der Waals surface area contributed by atoms with Crippen LogP contribution in [0.1, 0.15) is 45.4 Å². The molecule has 2 N–H and O–H groups in total. The zero-order chi connectivity index (χ0) is 9.26. The van der Waals surface area contributed by atoms with E-state index in [1.54, 1.807) is 0 Å². The minimum atomic E-state index is 0.495. The van der Waals surface area contributed by atoms with E-state index in [9.17, 15) is 0 Å². The van der Waals surface area contributed by atoms with Crippen molar-refractivity contribution >= 4 is 0 Å². The van der Waals surface area contributed by atoms with Crippen molar-refractivity contribution in [2.45, 2.75) is 63.6 Å². The predicted octanol–water partition coefficient (Wildman–Crippen LogP) is 1.74. The summed E-state index contributed by atoms with van der Waals surface area (Å²) in [5, 5.41) is 0. The van der Waals surface area contributed by atoms with Crippen molar-refractivity contribution in [3.8, 4) is 0 Å². The zero-order valence-electron chi connectivity index (χ0n) is 8.71. The second-order valence-electron chi connectivity index (χ2n) is 4.80. The highest BCUT2D eigenvalue weighted by molar-refractivity contribution is 4.86. The molecule has 0 bridgehead atoms. The van der Waals surface area contributed by atoms with E-state index in [-0.39, 0.29) is 0 Å². The molecule has 2 heteroatoms. The van der Waals surface area contributed by atoms with E-state index < -0.39 is 0 Å². The second kappa shape index (κ2) is 3.97. The van der Waals surface area contributed by atoms with Gasteiger partial charge in [-0.05, 0) is 52.0 Å². The van der Waals surface area contributed by atoms with Crippen LogP contribution in [0.3, 0.4) is 0 Å². The number of nitrogens with zero attached hydrogens (tertiary/aromatic N) is 1. The van der Waals surface area contributed by atoms with E-state index in [2.05, 4.69) is 11.8 Å². The first kappa shape index (κ1) is 9.47. The van der Waals surface area contributed by atoms with Crippen molar-refractivity contribution in [2.75, 3.05) is 6.54 Å². The summed E-state index contributed by atoms with van der Waals surface area (Å²) < 4.78 is 0. The van der Waals surface area contributed by atoms with Crippen LogP contribution in [0, 0.1) is 0 Å². The van der Waals surface area contributed by atoms with Crippen LogP contribution in [0.2, 0.25) is 0 Å². The molecule has 0 aromatic carbocycles. The Kier molecular flexibility index (Phi) is 2.89. The Labute approximate surface area is 81.5 Å². The number of likely N-dealkylation sites (tertiary alicyclic amines) is 1. The van der Waals surface area contributed by atoms with Crippen LogP contribution in [0.25, 0.3) is 0 Å². The van der Waals surface area contributed by atoms with Gasteiger partial charge in [-0.2, -0.15) is 0 Å². The third-order valence-corrected chi connectivity index (χ3v) is 3.81. The maximum atomic E-state index is 5.91. The third-order valence-electron chi connectivity index (χ3n) is 3.81. The molecule has 1 aliphatic carbocycles. The lowest BCUT2D eigenvalue weighted by Crippen LogP contribution is -2.42. The third kappa shape index (κ3) is 2.05. The lowest BCUT2D eigenvalue weighted by atomic mass is 9.90. The molecule has 1 aliphatic heterocycles. The number of hydrogen-bond acceptors (Lipinski definition) is 2. The second-order valence-corrected chi connectivity index (χ2v) is 4.80. The minimum absolute atomic E-state index is 0.495. The minimum Gasteiger partial charge on any atom is -0.328 e. The summed E-state index contributed by atoms with van der Waals surface area (Å²) in [7, 11) is 0. The molecule has 76 valence electrons. The fraction of sp³-hybridized carbons (Fsp3) is 1.00. The Morgan fingerprint density at radius 3 is 2.31 bits per heavy atom. The van der Waals surface area contributed by atoms with Gasteiger partial charge in [-0.15, -0.1) is 0 Å². The van der Waals surface area contributed by atoms with Gasteiger partial charge in [0.25, 0.3) is 0 Å². The molecule has 1 atom stereocenters. The average molecular weight is 182 g/mol. The standard InChI is InChI=1S/C11H22N2/c1-9-3-2-8-13(9)11-6-4-10(12)5-7-11/h9-11H,2-8,12H2,1H3. The van der Waals surface area contributed by atoms with Crippen molar-refractivity contribution in [1.82, 2.24) is 4.90 Å². The first-order valence-electron chi connectivity index (χ1n) is 5.78. The Bertz CT molecular complexity index is 161. The van der Waals surface area contributed by atoms with E-state index in [4.69, 9.17) is 5.73 Å². The van der Waals surface area contributed by atoms with Gasteiger partial charge in [-0.25, -0.2) is 0 Å². The molecule has 1 unspecified atom stereocenters. The summed E-state index contributed by atoms with van der Waals surface area (Å²) in [5.74, 6) is 0. The molecule has 1 saturated carbocycles. The van der Waals surface area contributed by atoms with Crippen LogP contribution >= 0.6 is 0 Å². The van der Waals surface area contributed by atoms with Gasteiger partial charge in [0.15, 0.2) is 0 Å². The van der Waals surface area contributed by atoms with E-state index >= 15 is 0 Å². The van der Waals surface area contributed by atoms with Crippen LogP contribution in [0.15, 0.2) is 0 Å². The summed E-state index contributed by atoms with van der Waals surface area (Å²) in [6.45, 7) is 3.71. The molecule has 13 heavy (non-hydrogen) atoms. The topological polar surface area (TPSA) is 29.3 Å². The van der Waals surface area contributed by atoms with Crippen LogP contribution in [0.5, 0.6) is 0 Å². The lowest BCUT2D eigenvalue weighted by Gasteiger charge is -2.35. The lowest BCUT2D eigenvalue weighted by molar-refractivity contribution is 0.144. The average Bonchev–Trinajstić information content (AvgIpc) is 2.53. The molecule has 2 rings (SSSR count). The van der Waals surface area contributed by atoms with E-state index in [1.807, 2.05) is 0 Å². The van der Waals surface area contributed by atoms with Crippen molar-refractivity contribution < 1.29 is 0 Å². The molecule has 0 aromatic heterocycles. The Hall–Kier alpha value is -0.0800. The summed E-state index contributed by atoms with van der Waals surface area (Å²) in [6, 6.07) is 2.19.